The number of para-hydroxylation sites is 1. The van der Waals surface area contributed by atoms with Crippen LogP contribution in [-0.4, -0.2) is 56.1 Å². The first-order valence-electron chi connectivity index (χ1n) is 10.0. The molecule has 0 amide bonds. The number of guanidine groups is 1. The molecule has 0 bridgehead atoms. The van der Waals surface area contributed by atoms with Crippen LogP contribution < -0.4 is 10.1 Å². The summed E-state index contributed by atoms with van der Waals surface area (Å²) in [7, 11) is 6.07. The van der Waals surface area contributed by atoms with E-state index < -0.39 is 0 Å². The van der Waals surface area contributed by atoms with Crippen LogP contribution in [0.15, 0.2) is 59.6 Å². The van der Waals surface area contributed by atoms with Crippen LogP contribution in [0.1, 0.15) is 24.0 Å². The van der Waals surface area contributed by atoms with E-state index in [4.69, 9.17) is 4.74 Å². The Bertz CT molecular complexity index is 752. The van der Waals surface area contributed by atoms with E-state index >= 15 is 0 Å². The van der Waals surface area contributed by atoms with E-state index in [0.717, 1.165) is 50.7 Å². The zero-order valence-electron chi connectivity index (χ0n) is 17.3. The lowest BCUT2D eigenvalue weighted by molar-refractivity contribution is 0.129. The van der Waals surface area contributed by atoms with Crippen molar-refractivity contribution < 1.29 is 4.74 Å². The van der Waals surface area contributed by atoms with Crippen LogP contribution in [-0.2, 0) is 13.1 Å². The summed E-state index contributed by atoms with van der Waals surface area (Å²) in [6.45, 7) is 3.64. The summed E-state index contributed by atoms with van der Waals surface area (Å²) in [5.41, 5.74) is 2.67. The number of ether oxygens (including phenoxy) is 1. The van der Waals surface area contributed by atoms with E-state index in [1.807, 2.05) is 37.4 Å². The first-order valence-corrected chi connectivity index (χ1v) is 10.0. The van der Waals surface area contributed by atoms with Crippen LogP contribution in [0.4, 0.5) is 0 Å². The van der Waals surface area contributed by atoms with Crippen molar-refractivity contribution in [2.24, 2.45) is 4.99 Å². The standard InChI is InChI=1S/C23H32N4O/c1-24-23(25-17-19-9-7-8-10-20(19)18-26(2)3)27-15-13-22(14-16-27)28-21-11-5-4-6-12-21/h4-12,22H,13-18H2,1-3H3,(H,24,25). The van der Waals surface area contributed by atoms with Gasteiger partial charge in [0.1, 0.15) is 11.9 Å². The maximum Gasteiger partial charge on any atom is 0.193 e. The average Bonchev–Trinajstić information content (AvgIpc) is 2.71. The van der Waals surface area contributed by atoms with E-state index in [1.54, 1.807) is 0 Å². The van der Waals surface area contributed by atoms with Gasteiger partial charge in [-0.25, -0.2) is 0 Å². The Morgan fingerprint density at radius 2 is 1.68 bits per heavy atom. The third-order valence-corrected chi connectivity index (χ3v) is 5.04. The number of hydrogen-bond donors (Lipinski definition) is 1. The number of nitrogens with zero attached hydrogens (tertiary/aromatic N) is 3. The summed E-state index contributed by atoms with van der Waals surface area (Å²) in [6.07, 6.45) is 2.29. The molecule has 1 fully saturated rings. The summed E-state index contributed by atoms with van der Waals surface area (Å²) < 4.78 is 6.11. The predicted molar refractivity (Wildman–Crippen MR) is 116 cm³/mol. The Labute approximate surface area is 169 Å². The SMILES string of the molecule is CN=C(NCc1ccccc1CN(C)C)N1CCC(Oc2ccccc2)CC1. The predicted octanol–water partition coefficient (Wildman–Crippen LogP) is 3.37. The highest BCUT2D eigenvalue weighted by atomic mass is 16.5. The molecule has 1 saturated heterocycles. The molecule has 150 valence electrons. The number of benzene rings is 2. The fourth-order valence-corrected chi connectivity index (χ4v) is 3.61. The molecule has 3 rings (SSSR count). The highest BCUT2D eigenvalue weighted by Gasteiger charge is 2.22. The Balaban J connectivity index is 1.51. The average molecular weight is 381 g/mol. The molecule has 5 heteroatoms. The van der Waals surface area contributed by atoms with Gasteiger partial charge in [-0.05, 0) is 37.4 Å². The molecule has 28 heavy (non-hydrogen) atoms. The van der Waals surface area contributed by atoms with Gasteiger partial charge in [-0.3, -0.25) is 4.99 Å². The molecular weight excluding hydrogens is 348 g/mol. The van der Waals surface area contributed by atoms with Gasteiger partial charge in [0.05, 0.1) is 0 Å². The minimum atomic E-state index is 0.276. The highest BCUT2D eigenvalue weighted by molar-refractivity contribution is 5.80. The molecule has 1 aliphatic heterocycles. The van der Waals surface area contributed by atoms with Crippen molar-refractivity contribution in [3.8, 4) is 5.75 Å². The van der Waals surface area contributed by atoms with Gasteiger partial charge in [-0.15, -0.1) is 0 Å². The van der Waals surface area contributed by atoms with Crippen molar-refractivity contribution in [1.29, 1.82) is 0 Å². The van der Waals surface area contributed by atoms with Gasteiger partial charge in [0.25, 0.3) is 0 Å². The van der Waals surface area contributed by atoms with Gasteiger partial charge >= 0.3 is 0 Å². The maximum atomic E-state index is 6.11. The summed E-state index contributed by atoms with van der Waals surface area (Å²) in [4.78, 5) is 9.04. The molecule has 0 radical (unpaired) electrons. The summed E-state index contributed by atoms with van der Waals surface area (Å²) in [6, 6.07) is 18.7. The van der Waals surface area contributed by atoms with Crippen LogP contribution >= 0.6 is 0 Å². The molecule has 0 spiro atoms. The van der Waals surface area contributed by atoms with Crippen molar-refractivity contribution >= 4 is 5.96 Å². The Morgan fingerprint density at radius 1 is 1.04 bits per heavy atom. The molecule has 2 aromatic rings. The van der Waals surface area contributed by atoms with Gasteiger partial charge in [0, 0.05) is 46.1 Å². The molecule has 0 aromatic heterocycles. The van der Waals surface area contributed by atoms with Crippen LogP contribution in [0.25, 0.3) is 0 Å². The molecule has 1 aliphatic rings. The second-order valence-corrected chi connectivity index (χ2v) is 7.52. The quantitative estimate of drug-likeness (QED) is 0.616. The Hall–Kier alpha value is -2.53. The van der Waals surface area contributed by atoms with E-state index in [1.165, 1.54) is 11.1 Å². The molecule has 1 N–H and O–H groups in total. The minimum Gasteiger partial charge on any atom is -0.490 e. The summed E-state index contributed by atoms with van der Waals surface area (Å²) in [5, 5.41) is 3.55. The normalized spacial score (nSPS) is 15.7. The number of hydrogen-bond acceptors (Lipinski definition) is 3. The minimum absolute atomic E-state index is 0.276. The monoisotopic (exact) mass is 380 g/mol. The maximum absolute atomic E-state index is 6.11. The molecule has 0 atom stereocenters. The number of aliphatic imine (C=N–C) groups is 1. The summed E-state index contributed by atoms with van der Waals surface area (Å²) in [5.74, 6) is 1.93. The van der Waals surface area contributed by atoms with Crippen molar-refractivity contribution in [3.63, 3.8) is 0 Å². The van der Waals surface area contributed by atoms with Crippen molar-refractivity contribution in [3.05, 3.63) is 65.7 Å². The second-order valence-electron chi connectivity index (χ2n) is 7.52. The van der Waals surface area contributed by atoms with E-state index in [-0.39, 0.29) is 6.10 Å². The van der Waals surface area contributed by atoms with Gasteiger partial charge in [0.2, 0.25) is 0 Å². The largest absolute Gasteiger partial charge is 0.490 e. The lowest BCUT2D eigenvalue weighted by atomic mass is 10.1. The van der Waals surface area contributed by atoms with Gasteiger partial charge in [0.15, 0.2) is 5.96 Å². The number of likely N-dealkylation sites (tertiary alicyclic amines) is 1. The molecular formula is C23H32N4O. The smallest absolute Gasteiger partial charge is 0.193 e. The zero-order chi connectivity index (χ0) is 19.8. The van der Waals surface area contributed by atoms with E-state index in [0.29, 0.717) is 0 Å². The first-order chi connectivity index (χ1) is 13.7. The van der Waals surface area contributed by atoms with Crippen molar-refractivity contribution in [2.75, 3.05) is 34.2 Å². The third kappa shape index (κ3) is 5.73. The Morgan fingerprint density at radius 3 is 2.32 bits per heavy atom. The van der Waals surface area contributed by atoms with Crippen LogP contribution in [0.3, 0.4) is 0 Å². The molecule has 0 unspecified atom stereocenters. The topological polar surface area (TPSA) is 40.1 Å². The lowest BCUT2D eigenvalue weighted by Crippen LogP contribution is -2.47. The highest BCUT2D eigenvalue weighted by Crippen LogP contribution is 2.19. The van der Waals surface area contributed by atoms with Crippen LogP contribution in [0.2, 0.25) is 0 Å². The Kier molecular flexibility index (Phi) is 7.31. The van der Waals surface area contributed by atoms with Gasteiger partial charge < -0.3 is 19.9 Å². The zero-order valence-corrected chi connectivity index (χ0v) is 17.3. The van der Waals surface area contributed by atoms with Crippen molar-refractivity contribution in [2.45, 2.75) is 32.0 Å². The number of nitrogens with one attached hydrogen (secondary N) is 1. The molecule has 5 nitrogen and oxygen atoms in total. The molecule has 1 heterocycles. The second kappa shape index (κ2) is 10.1. The molecule has 0 saturated carbocycles. The van der Waals surface area contributed by atoms with Crippen molar-refractivity contribution in [1.82, 2.24) is 15.1 Å². The number of rotatable bonds is 6. The van der Waals surface area contributed by atoms with Crippen LogP contribution in [0.5, 0.6) is 5.75 Å². The van der Waals surface area contributed by atoms with Gasteiger partial charge in [-0.2, -0.15) is 0 Å². The molecule has 0 aliphatic carbocycles. The number of piperidine rings is 1. The lowest BCUT2D eigenvalue weighted by Gasteiger charge is -2.34. The summed E-state index contributed by atoms with van der Waals surface area (Å²) >= 11 is 0. The first kappa shape index (κ1) is 20.2. The molecule has 2 aromatic carbocycles. The van der Waals surface area contributed by atoms with E-state index in [2.05, 4.69) is 58.5 Å². The fraction of sp³-hybridized carbons (Fsp3) is 0.435. The van der Waals surface area contributed by atoms with Gasteiger partial charge in [-0.1, -0.05) is 42.5 Å². The third-order valence-electron chi connectivity index (χ3n) is 5.04. The fourth-order valence-electron chi connectivity index (χ4n) is 3.61. The van der Waals surface area contributed by atoms with Crippen LogP contribution in [0, 0.1) is 0 Å². The van der Waals surface area contributed by atoms with E-state index in [9.17, 15) is 0 Å².